The summed E-state index contributed by atoms with van der Waals surface area (Å²) in [6.07, 6.45) is 5.98. The third-order valence-electron chi connectivity index (χ3n) is 5.97. The van der Waals surface area contributed by atoms with Crippen LogP contribution in [-0.2, 0) is 4.79 Å². The molecule has 36 heavy (non-hydrogen) atoms. The molecule has 2 amide bonds. The number of carbonyl (C=O) groups excluding carboxylic acids is 2. The average molecular weight is 485 g/mol. The molecule has 3 heterocycles. The SMILES string of the molecule is C=CC(=O)N1CCCC(Nc2ncnc(N)c2C(=N)c2ccc(C(=O)Nc3cc(C)ccn3)cc2)C1. The molecule has 1 aliphatic heterocycles. The number of carbonyl (C=O) groups is 2. The molecule has 1 aliphatic rings. The van der Waals surface area contributed by atoms with Crippen LogP contribution < -0.4 is 16.4 Å². The smallest absolute Gasteiger partial charge is 0.256 e. The molecule has 0 radical (unpaired) electrons. The number of anilines is 3. The zero-order chi connectivity index (χ0) is 25.7. The van der Waals surface area contributed by atoms with Crippen LogP contribution in [0.4, 0.5) is 17.5 Å². The van der Waals surface area contributed by atoms with Crippen molar-refractivity contribution in [3.05, 3.63) is 83.8 Å². The van der Waals surface area contributed by atoms with Gasteiger partial charge in [0, 0.05) is 36.5 Å². The molecule has 1 fully saturated rings. The number of benzene rings is 1. The second-order valence-corrected chi connectivity index (χ2v) is 8.58. The maximum absolute atomic E-state index is 12.6. The van der Waals surface area contributed by atoms with Crippen molar-refractivity contribution in [1.29, 1.82) is 5.41 Å². The highest BCUT2D eigenvalue weighted by Crippen LogP contribution is 2.24. The summed E-state index contributed by atoms with van der Waals surface area (Å²) >= 11 is 0. The summed E-state index contributed by atoms with van der Waals surface area (Å²) in [6.45, 7) is 6.66. The van der Waals surface area contributed by atoms with Gasteiger partial charge in [0.1, 0.15) is 23.8 Å². The number of nitrogens with two attached hydrogens (primary N) is 1. The van der Waals surface area contributed by atoms with Crippen LogP contribution in [0.2, 0.25) is 0 Å². The molecule has 1 atom stereocenters. The Morgan fingerprint density at radius 3 is 2.64 bits per heavy atom. The van der Waals surface area contributed by atoms with Crippen molar-refractivity contribution in [3.8, 4) is 0 Å². The van der Waals surface area contributed by atoms with Gasteiger partial charge in [-0.1, -0.05) is 18.7 Å². The summed E-state index contributed by atoms with van der Waals surface area (Å²) < 4.78 is 0. The minimum absolute atomic E-state index is 0.0511. The van der Waals surface area contributed by atoms with Crippen LogP contribution in [0.25, 0.3) is 0 Å². The molecular weight excluding hydrogens is 456 g/mol. The number of amides is 2. The number of piperidine rings is 1. The van der Waals surface area contributed by atoms with Gasteiger partial charge in [0.25, 0.3) is 5.91 Å². The van der Waals surface area contributed by atoms with E-state index < -0.39 is 0 Å². The molecule has 5 N–H and O–H groups in total. The molecule has 10 nitrogen and oxygen atoms in total. The number of pyridine rings is 1. The van der Waals surface area contributed by atoms with Gasteiger partial charge in [-0.15, -0.1) is 0 Å². The van der Waals surface area contributed by atoms with Crippen LogP contribution in [0.3, 0.4) is 0 Å². The molecule has 10 heteroatoms. The fourth-order valence-electron chi connectivity index (χ4n) is 4.10. The van der Waals surface area contributed by atoms with E-state index >= 15 is 0 Å². The number of likely N-dealkylation sites (tertiary alicyclic amines) is 1. The Labute approximate surface area is 209 Å². The van der Waals surface area contributed by atoms with Gasteiger partial charge in [-0.25, -0.2) is 15.0 Å². The van der Waals surface area contributed by atoms with E-state index in [0.717, 1.165) is 18.4 Å². The van der Waals surface area contributed by atoms with Crippen molar-refractivity contribution in [1.82, 2.24) is 19.9 Å². The average Bonchev–Trinajstić information content (AvgIpc) is 2.88. The Morgan fingerprint density at radius 1 is 1.17 bits per heavy atom. The van der Waals surface area contributed by atoms with E-state index in [1.165, 1.54) is 12.4 Å². The van der Waals surface area contributed by atoms with E-state index in [9.17, 15) is 9.59 Å². The van der Waals surface area contributed by atoms with Gasteiger partial charge in [-0.2, -0.15) is 0 Å². The van der Waals surface area contributed by atoms with Crippen molar-refractivity contribution in [2.45, 2.75) is 25.8 Å². The summed E-state index contributed by atoms with van der Waals surface area (Å²) in [7, 11) is 0. The second-order valence-electron chi connectivity index (χ2n) is 8.58. The molecule has 0 aliphatic carbocycles. The van der Waals surface area contributed by atoms with Gasteiger partial charge in [-0.05, 0) is 55.7 Å². The quantitative estimate of drug-likeness (QED) is 0.297. The van der Waals surface area contributed by atoms with Gasteiger partial charge < -0.3 is 21.3 Å². The molecule has 184 valence electrons. The lowest BCUT2D eigenvalue weighted by Crippen LogP contribution is -2.44. The highest BCUT2D eigenvalue weighted by molar-refractivity contribution is 6.16. The first-order valence-corrected chi connectivity index (χ1v) is 11.6. The number of nitrogens with zero attached hydrogens (tertiary/aromatic N) is 4. The molecule has 3 aromatic rings. The fraction of sp³-hybridized carbons (Fsp3) is 0.231. The summed E-state index contributed by atoms with van der Waals surface area (Å²) in [6, 6.07) is 10.2. The largest absolute Gasteiger partial charge is 0.383 e. The topological polar surface area (TPSA) is 150 Å². The number of hydrogen-bond acceptors (Lipinski definition) is 8. The maximum Gasteiger partial charge on any atom is 0.256 e. The van der Waals surface area contributed by atoms with Crippen LogP contribution in [0, 0.1) is 12.3 Å². The number of aryl methyl sites for hydroxylation is 1. The van der Waals surface area contributed by atoms with Crippen molar-refractivity contribution in [2.24, 2.45) is 0 Å². The van der Waals surface area contributed by atoms with E-state index in [-0.39, 0.29) is 29.4 Å². The first kappa shape index (κ1) is 24.5. The zero-order valence-electron chi connectivity index (χ0n) is 20.0. The van der Waals surface area contributed by atoms with Crippen LogP contribution in [0.15, 0.2) is 61.6 Å². The molecule has 0 spiro atoms. The van der Waals surface area contributed by atoms with Crippen LogP contribution >= 0.6 is 0 Å². The number of nitrogen functional groups attached to an aromatic ring is 1. The van der Waals surface area contributed by atoms with Crippen molar-refractivity contribution in [3.63, 3.8) is 0 Å². The lowest BCUT2D eigenvalue weighted by atomic mass is 10.0. The standard InChI is InChI=1S/C26H28N8O2/c1-3-21(35)34-12-4-5-19(14-34)32-25-22(24(28)30-15-31-25)23(27)17-6-8-18(9-7-17)26(36)33-20-13-16(2)10-11-29-20/h3,6-11,13,15,19,27H,1,4-5,12,14H2,2H3,(H,29,33,36)(H3,28,30,31,32). The molecular formula is C26H28N8O2. The molecule has 4 rings (SSSR count). The molecule has 2 aromatic heterocycles. The predicted octanol–water partition coefficient (Wildman–Crippen LogP) is 3.02. The summed E-state index contributed by atoms with van der Waals surface area (Å²) in [5, 5.41) is 14.9. The first-order valence-electron chi connectivity index (χ1n) is 11.6. The van der Waals surface area contributed by atoms with Crippen molar-refractivity contribution < 1.29 is 9.59 Å². The van der Waals surface area contributed by atoms with Crippen LogP contribution in [0.1, 0.15) is 39.9 Å². The van der Waals surface area contributed by atoms with Crippen LogP contribution in [0.5, 0.6) is 0 Å². The fourth-order valence-corrected chi connectivity index (χ4v) is 4.10. The van der Waals surface area contributed by atoms with Gasteiger partial charge in [0.2, 0.25) is 5.91 Å². The zero-order valence-corrected chi connectivity index (χ0v) is 20.0. The van der Waals surface area contributed by atoms with Gasteiger partial charge in [-0.3, -0.25) is 15.0 Å². The van der Waals surface area contributed by atoms with Crippen LogP contribution in [-0.4, -0.2) is 56.5 Å². The lowest BCUT2D eigenvalue weighted by Gasteiger charge is -2.33. The minimum Gasteiger partial charge on any atom is -0.383 e. The number of hydrogen-bond donors (Lipinski definition) is 4. The Hall–Kier alpha value is -4.60. The van der Waals surface area contributed by atoms with Gasteiger partial charge in [0.05, 0.1) is 11.3 Å². The predicted molar refractivity (Wildman–Crippen MR) is 139 cm³/mol. The van der Waals surface area contributed by atoms with Gasteiger partial charge in [0.15, 0.2) is 0 Å². The molecule has 1 unspecified atom stereocenters. The Balaban J connectivity index is 1.51. The van der Waals surface area contributed by atoms with E-state index in [2.05, 4.69) is 32.2 Å². The maximum atomic E-state index is 12.6. The second kappa shape index (κ2) is 10.8. The van der Waals surface area contributed by atoms with Gasteiger partial charge >= 0.3 is 0 Å². The minimum atomic E-state index is -0.299. The highest BCUT2D eigenvalue weighted by atomic mass is 16.2. The van der Waals surface area contributed by atoms with Crippen molar-refractivity contribution in [2.75, 3.05) is 29.5 Å². The number of rotatable bonds is 7. The molecule has 0 saturated carbocycles. The van der Waals surface area contributed by atoms with E-state index in [4.69, 9.17) is 11.1 Å². The highest BCUT2D eigenvalue weighted by Gasteiger charge is 2.25. The van der Waals surface area contributed by atoms with Crippen molar-refractivity contribution >= 4 is 35.0 Å². The first-order chi connectivity index (χ1) is 17.4. The van der Waals surface area contributed by atoms with E-state index in [1.807, 2.05) is 13.0 Å². The normalized spacial score (nSPS) is 15.1. The Kier molecular flexibility index (Phi) is 7.33. The van der Waals surface area contributed by atoms with E-state index in [1.54, 1.807) is 41.4 Å². The third-order valence-corrected chi connectivity index (χ3v) is 5.97. The van der Waals surface area contributed by atoms with E-state index in [0.29, 0.717) is 41.4 Å². The lowest BCUT2D eigenvalue weighted by molar-refractivity contribution is -0.127. The molecule has 1 saturated heterocycles. The summed E-state index contributed by atoms with van der Waals surface area (Å²) in [5.74, 6) is 0.654. The summed E-state index contributed by atoms with van der Waals surface area (Å²) in [5.41, 5.74) is 8.62. The Bertz CT molecular complexity index is 1310. The molecule has 0 bridgehead atoms. The number of aromatic nitrogens is 3. The monoisotopic (exact) mass is 484 g/mol. The Morgan fingerprint density at radius 2 is 1.92 bits per heavy atom. The number of nitrogens with one attached hydrogen (secondary N) is 3. The molecule has 1 aromatic carbocycles. The third kappa shape index (κ3) is 5.54. The summed E-state index contributed by atoms with van der Waals surface area (Å²) in [4.78, 5) is 38.9.